The monoisotopic (exact) mass is 280 g/mol. The lowest BCUT2D eigenvalue weighted by molar-refractivity contribution is 0.214. The smallest absolute Gasteiger partial charge is 0.186 e. The average Bonchev–Trinajstić information content (AvgIpc) is 2.52. The first kappa shape index (κ1) is 14.6. The molecule has 0 radical (unpaired) electrons. The molecule has 4 heteroatoms. The largest absolute Gasteiger partial charge is 0.489 e. The molecule has 0 aromatic heterocycles. The minimum Gasteiger partial charge on any atom is -0.489 e. The first-order valence-corrected chi connectivity index (χ1v) is 6.53. The highest BCUT2D eigenvalue weighted by atomic mass is 16.6. The Labute approximate surface area is 124 Å². The van der Waals surface area contributed by atoms with Crippen molar-refractivity contribution < 1.29 is 9.57 Å². The molecule has 0 atom stereocenters. The summed E-state index contributed by atoms with van der Waals surface area (Å²) >= 11 is 0. The SMILES string of the molecule is CON=C(C#N)c1ccc(COc2ccccc2C)cc1. The van der Waals surface area contributed by atoms with E-state index in [1.54, 1.807) is 0 Å². The summed E-state index contributed by atoms with van der Waals surface area (Å²) in [5, 5.41) is 12.6. The van der Waals surface area contributed by atoms with Gasteiger partial charge in [-0.05, 0) is 24.1 Å². The fourth-order valence-corrected chi connectivity index (χ4v) is 1.87. The molecule has 0 unspecified atom stereocenters. The quantitative estimate of drug-likeness (QED) is 0.622. The van der Waals surface area contributed by atoms with Crippen molar-refractivity contribution in [2.24, 2.45) is 5.16 Å². The van der Waals surface area contributed by atoms with Crippen LogP contribution in [-0.2, 0) is 11.4 Å². The summed E-state index contributed by atoms with van der Waals surface area (Å²) < 4.78 is 5.78. The second kappa shape index (κ2) is 7.11. The van der Waals surface area contributed by atoms with Gasteiger partial charge in [0, 0.05) is 5.56 Å². The number of benzene rings is 2. The molecule has 106 valence electrons. The van der Waals surface area contributed by atoms with Crippen LogP contribution in [0.1, 0.15) is 16.7 Å². The second-order valence-corrected chi connectivity index (χ2v) is 4.49. The topological polar surface area (TPSA) is 54.6 Å². The maximum atomic E-state index is 8.98. The molecule has 0 fully saturated rings. The highest BCUT2D eigenvalue weighted by molar-refractivity contribution is 6.11. The molecule has 0 bridgehead atoms. The highest BCUT2D eigenvalue weighted by Crippen LogP contribution is 2.18. The number of aryl methyl sites for hydroxylation is 1. The van der Waals surface area contributed by atoms with E-state index in [9.17, 15) is 0 Å². The van der Waals surface area contributed by atoms with Crippen LogP contribution in [0.2, 0.25) is 0 Å². The van der Waals surface area contributed by atoms with Crippen molar-refractivity contribution >= 4 is 5.71 Å². The zero-order valence-electron chi connectivity index (χ0n) is 12.0. The van der Waals surface area contributed by atoms with E-state index < -0.39 is 0 Å². The van der Waals surface area contributed by atoms with Gasteiger partial charge in [-0.1, -0.05) is 47.6 Å². The fourth-order valence-electron chi connectivity index (χ4n) is 1.87. The van der Waals surface area contributed by atoms with Crippen LogP contribution in [0.25, 0.3) is 0 Å². The van der Waals surface area contributed by atoms with E-state index >= 15 is 0 Å². The number of nitriles is 1. The van der Waals surface area contributed by atoms with E-state index in [0.717, 1.165) is 22.4 Å². The Morgan fingerprint density at radius 3 is 2.48 bits per heavy atom. The lowest BCUT2D eigenvalue weighted by atomic mass is 10.1. The molecular weight excluding hydrogens is 264 g/mol. The Kier molecular flexibility index (Phi) is 4.94. The Morgan fingerprint density at radius 2 is 1.86 bits per heavy atom. The van der Waals surface area contributed by atoms with Crippen molar-refractivity contribution in [3.8, 4) is 11.8 Å². The molecule has 0 spiro atoms. The van der Waals surface area contributed by atoms with Crippen molar-refractivity contribution in [1.82, 2.24) is 0 Å². The molecule has 2 aromatic carbocycles. The zero-order valence-corrected chi connectivity index (χ0v) is 12.0. The Morgan fingerprint density at radius 1 is 1.14 bits per heavy atom. The van der Waals surface area contributed by atoms with E-state index in [1.165, 1.54) is 7.11 Å². The minimum absolute atomic E-state index is 0.254. The summed E-state index contributed by atoms with van der Waals surface area (Å²) in [5.74, 6) is 0.875. The van der Waals surface area contributed by atoms with Crippen LogP contribution in [0.5, 0.6) is 5.75 Å². The molecule has 0 N–H and O–H groups in total. The lowest BCUT2D eigenvalue weighted by Gasteiger charge is -2.09. The molecule has 0 aliphatic heterocycles. The molecule has 0 saturated heterocycles. The van der Waals surface area contributed by atoms with Crippen LogP contribution in [0, 0.1) is 18.3 Å². The summed E-state index contributed by atoms with van der Waals surface area (Å²) in [5.41, 5.74) is 3.10. The molecule has 4 nitrogen and oxygen atoms in total. The van der Waals surface area contributed by atoms with Gasteiger partial charge in [-0.25, -0.2) is 0 Å². The van der Waals surface area contributed by atoms with Gasteiger partial charge in [0.2, 0.25) is 0 Å². The zero-order chi connectivity index (χ0) is 15.1. The molecule has 2 aromatic rings. The lowest BCUT2D eigenvalue weighted by Crippen LogP contribution is -2.00. The van der Waals surface area contributed by atoms with Gasteiger partial charge in [-0.15, -0.1) is 0 Å². The molecule has 0 saturated carbocycles. The van der Waals surface area contributed by atoms with Gasteiger partial charge in [0.05, 0.1) is 0 Å². The molecule has 0 amide bonds. The maximum Gasteiger partial charge on any atom is 0.186 e. The summed E-state index contributed by atoms with van der Waals surface area (Å²) in [6.07, 6.45) is 0. The molecule has 2 rings (SSSR count). The Hall–Kier alpha value is -2.80. The third-order valence-corrected chi connectivity index (χ3v) is 3.00. The maximum absolute atomic E-state index is 8.98. The first-order valence-electron chi connectivity index (χ1n) is 6.53. The van der Waals surface area contributed by atoms with Crippen molar-refractivity contribution in [3.05, 3.63) is 65.2 Å². The van der Waals surface area contributed by atoms with Crippen LogP contribution in [0.3, 0.4) is 0 Å². The predicted molar refractivity (Wildman–Crippen MR) is 81.1 cm³/mol. The van der Waals surface area contributed by atoms with Crippen LogP contribution < -0.4 is 4.74 Å². The van der Waals surface area contributed by atoms with Crippen LogP contribution in [0.15, 0.2) is 53.7 Å². The van der Waals surface area contributed by atoms with E-state index in [0.29, 0.717) is 6.61 Å². The predicted octanol–water partition coefficient (Wildman–Crippen LogP) is 3.45. The second-order valence-electron chi connectivity index (χ2n) is 4.49. The number of ether oxygens (including phenoxy) is 1. The van der Waals surface area contributed by atoms with Gasteiger partial charge >= 0.3 is 0 Å². The molecule has 0 aliphatic carbocycles. The Balaban J connectivity index is 2.05. The summed E-state index contributed by atoms with van der Waals surface area (Å²) in [6, 6.07) is 17.4. The van der Waals surface area contributed by atoms with Gasteiger partial charge in [0.25, 0.3) is 0 Å². The normalized spacial score (nSPS) is 10.8. The number of oxime groups is 1. The van der Waals surface area contributed by atoms with Crippen molar-refractivity contribution in [2.45, 2.75) is 13.5 Å². The van der Waals surface area contributed by atoms with Crippen molar-refractivity contribution in [2.75, 3.05) is 7.11 Å². The molecular formula is C17H16N2O2. The fraction of sp³-hybridized carbons (Fsp3) is 0.176. The van der Waals surface area contributed by atoms with Crippen molar-refractivity contribution in [1.29, 1.82) is 5.26 Å². The highest BCUT2D eigenvalue weighted by Gasteiger charge is 2.04. The number of hydrogen-bond donors (Lipinski definition) is 0. The summed E-state index contributed by atoms with van der Waals surface area (Å²) in [4.78, 5) is 4.64. The van der Waals surface area contributed by atoms with Gasteiger partial charge in [-0.2, -0.15) is 5.26 Å². The number of rotatable bonds is 5. The third-order valence-electron chi connectivity index (χ3n) is 3.00. The standard InChI is InChI=1S/C17H16N2O2/c1-13-5-3-4-6-17(13)21-12-14-7-9-15(10-8-14)16(11-18)19-20-2/h3-10H,12H2,1-2H3. The summed E-state index contributed by atoms with van der Waals surface area (Å²) in [6.45, 7) is 2.49. The molecule has 0 aliphatic rings. The van der Waals surface area contributed by atoms with E-state index in [-0.39, 0.29) is 5.71 Å². The van der Waals surface area contributed by atoms with Gasteiger partial charge in [0.15, 0.2) is 5.71 Å². The van der Waals surface area contributed by atoms with Gasteiger partial charge in [0.1, 0.15) is 25.5 Å². The van der Waals surface area contributed by atoms with E-state index in [2.05, 4.69) is 9.99 Å². The molecule has 21 heavy (non-hydrogen) atoms. The van der Waals surface area contributed by atoms with E-state index in [4.69, 9.17) is 10.00 Å². The van der Waals surface area contributed by atoms with E-state index in [1.807, 2.05) is 61.5 Å². The van der Waals surface area contributed by atoms with Crippen molar-refractivity contribution in [3.63, 3.8) is 0 Å². The number of para-hydroxylation sites is 1. The molecule has 0 heterocycles. The third kappa shape index (κ3) is 3.83. The Bertz CT molecular complexity index is 670. The van der Waals surface area contributed by atoms with Crippen LogP contribution >= 0.6 is 0 Å². The average molecular weight is 280 g/mol. The van der Waals surface area contributed by atoms with Gasteiger partial charge < -0.3 is 9.57 Å². The van der Waals surface area contributed by atoms with Gasteiger partial charge in [-0.3, -0.25) is 0 Å². The number of hydrogen-bond acceptors (Lipinski definition) is 4. The first-order chi connectivity index (χ1) is 10.2. The minimum atomic E-state index is 0.254. The summed E-state index contributed by atoms with van der Waals surface area (Å²) in [7, 11) is 1.42. The number of nitrogens with zero attached hydrogens (tertiary/aromatic N) is 2. The van der Waals surface area contributed by atoms with Crippen LogP contribution in [0.4, 0.5) is 0 Å². The van der Waals surface area contributed by atoms with Crippen LogP contribution in [-0.4, -0.2) is 12.8 Å².